The molecule has 1 heterocycles. The van der Waals surface area contributed by atoms with E-state index in [0.29, 0.717) is 0 Å². The number of carbonyl (C=O) groups is 1. The van der Waals surface area contributed by atoms with Gasteiger partial charge in [-0.05, 0) is 13.8 Å². The molecule has 0 bridgehead atoms. The van der Waals surface area contributed by atoms with Gasteiger partial charge in [0.1, 0.15) is 12.0 Å². The molecule has 1 saturated heterocycles. The normalized spacial score (nSPS) is 24.2. The van der Waals surface area contributed by atoms with Crippen molar-refractivity contribution in [2.24, 2.45) is 5.92 Å². The van der Waals surface area contributed by atoms with Crippen molar-refractivity contribution in [3.63, 3.8) is 0 Å². The third kappa shape index (κ3) is 3.19. The van der Waals surface area contributed by atoms with Crippen molar-refractivity contribution < 1.29 is 32.2 Å². The highest BCUT2D eigenvalue weighted by molar-refractivity contribution is 5.76. The summed E-state index contributed by atoms with van der Waals surface area (Å²) in [7, 11) is 0.986. The van der Waals surface area contributed by atoms with Gasteiger partial charge in [0.2, 0.25) is 0 Å². The smallest absolute Gasteiger partial charge is 0.318 e. The van der Waals surface area contributed by atoms with Gasteiger partial charge in [0.25, 0.3) is 0 Å². The Hall–Kier alpha value is -1.08. The fourth-order valence-corrected chi connectivity index (χ4v) is 1.54. The molecule has 4 nitrogen and oxygen atoms in total. The van der Waals surface area contributed by atoms with Crippen LogP contribution in [0, 0.1) is 5.92 Å². The first kappa shape index (κ1) is 14.0. The number of ether oxygens (including phenoxy) is 3. The van der Waals surface area contributed by atoms with Gasteiger partial charge in [-0.25, -0.2) is 4.39 Å². The molecule has 0 aliphatic carbocycles. The molecule has 1 aliphatic heterocycles. The molecule has 0 spiro atoms. The van der Waals surface area contributed by atoms with Crippen LogP contribution in [0.2, 0.25) is 0 Å². The van der Waals surface area contributed by atoms with Gasteiger partial charge < -0.3 is 14.2 Å². The summed E-state index contributed by atoms with van der Waals surface area (Å²) in [5.41, 5.74) is 0. The molecule has 0 amide bonds. The third-order valence-electron chi connectivity index (χ3n) is 2.31. The number of methoxy groups -OCH3 is 1. The van der Waals surface area contributed by atoms with E-state index in [1.807, 2.05) is 0 Å². The fraction of sp³-hybridized carbons (Fsp3) is 0.700. The van der Waals surface area contributed by atoms with E-state index < -0.39 is 35.7 Å². The lowest BCUT2D eigenvalue weighted by Crippen LogP contribution is -2.33. The number of carbonyl (C=O) groups excluding carboxylic acids is 1. The van der Waals surface area contributed by atoms with Gasteiger partial charge in [-0.1, -0.05) is 0 Å². The summed E-state index contributed by atoms with van der Waals surface area (Å²) in [5, 5.41) is 0. The summed E-state index contributed by atoms with van der Waals surface area (Å²) in [4.78, 5) is 11.3. The van der Waals surface area contributed by atoms with Crippen molar-refractivity contribution in [3.8, 4) is 0 Å². The van der Waals surface area contributed by atoms with Gasteiger partial charge in [0.15, 0.2) is 11.6 Å². The summed E-state index contributed by atoms with van der Waals surface area (Å²) in [5.74, 6) is -5.80. The van der Waals surface area contributed by atoms with Crippen molar-refractivity contribution in [2.45, 2.75) is 25.7 Å². The SMILES string of the molecule is COC(=O)C(C(F)=C(F)F)C1COC(C)(C)O1. The van der Waals surface area contributed by atoms with Gasteiger partial charge in [-0.2, -0.15) is 8.78 Å². The number of halogens is 3. The lowest BCUT2D eigenvalue weighted by Gasteiger charge is -2.20. The molecule has 1 rings (SSSR count). The zero-order valence-electron chi connectivity index (χ0n) is 9.63. The molecule has 2 atom stereocenters. The van der Waals surface area contributed by atoms with Crippen LogP contribution in [0.15, 0.2) is 11.9 Å². The van der Waals surface area contributed by atoms with E-state index in [0.717, 1.165) is 7.11 Å². The first-order valence-electron chi connectivity index (χ1n) is 4.89. The molecule has 0 N–H and O–H groups in total. The van der Waals surface area contributed by atoms with Crippen LogP contribution >= 0.6 is 0 Å². The van der Waals surface area contributed by atoms with Crippen LogP contribution < -0.4 is 0 Å². The van der Waals surface area contributed by atoms with Crippen LogP contribution in [-0.2, 0) is 19.0 Å². The zero-order valence-corrected chi connectivity index (χ0v) is 9.63. The van der Waals surface area contributed by atoms with Crippen molar-refractivity contribution in [1.29, 1.82) is 0 Å². The average Bonchev–Trinajstić information content (AvgIpc) is 2.58. The zero-order chi connectivity index (χ0) is 13.2. The van der Waals surface area contributed by atoms with Crippen molar-refractivity contribution >= 4 is 5.97 Å². The molecule has 2 unspecified atom stereocenters. The lowest BCUT2D eigenvalue weighted by molar-refractivity contribution is -0.160. The number of hydrogen-bond acceptors (Lipinski definition) is 4. The van der Waals surface area contributed by atoms with E-state index in [1.165, 1.54) is 13.8 Å². The topological polar surface area (TPSA) is 44.8 Å². The Morgan fingerprint density at radius 2 is 2.00 bits per heavy atom. The molecule has 98 valence electrons. The van der Waals surface area contributed by atoms with E-state index in [4.69, 9.17) is 9.47 Å². The van der Waals surface area contributed by atoms with Crippen LogP contribution in [-0.4, -0.2) is 31.6 Å². The van der Waals surface area contributed by atoms with E-state index >= 15 is 0 Å². The maximum atomic E-state index is 13.2. The minimum Gasteiger partial charge on any atom is -0.468 e. The molecule has 1 fully saturated rings. The first-order valence-corrected chi connectivity index (χ1v) is 4.89. The second kappa shape index (κ2) is 5.05. The van der Waals surface area contributed by atoms with Gasteiger partial charge in [-0.15, -0.1) is 0 Å². The Morgan fingerprint density at radius 3 is 2.35 bits per heavy atom. The van der Waals surface area contributed by atoms with Crippen molar-refractivity contribution in [2.75, 3.05) is 13.7 Å². The Balaban J connectivity index is 2.94. The van der Waals surface area contributed by atoms with E-state index in [-0.39, 0.29) is 6.61 Å². The summed E-state index contributed by atoms with van der Waals surface area (Å²) < 4.78 is 52.2. The second-order valence-corrected chi connectivity index (χ2v) is 3.98. The molecule has 7 heteroatoms. The molecule has 0 aromatic rings. The fourth-order valence-electron chi connectivity index (χ4n) is 1.54. The highest BCUT2D eigenvalue weighted by atomic mass is 19.3. The van der Waals surface area contributed by atoms with Crippen LogP contribution in [0.1, 0.15) is 13.8 Å². The Bertz CT molecular complexity index is 336. The van der Waals surface area contributed by atoms with Gasteiger partial charge in [0, 0.05) is 0 Å². The maximum absolute atomic E-state index is 13.2. The van der Waals surface area contributed by atoms with E-state index in [1.54, 1.807) is 0 Å². The quantitative estimate of drug-likeness (QED) is 0.723. The maximum Gasteiger partial charge on any atom is 0.318 e. The molecule has 0 aromatic carbocycles. The van der Waals surface area contributed by atoms with Crippen molar-refractivity contribution in [1.82, 2.24) is 0 Å². The van der Waals surface area contributed by atoms with E-state index in [2.05, 4.69) is 4.74 Å². The average molecular weight is 254 g/mol. The number of hydrogen-bond donors (Lipinski definition) is 0. The molecule has 17 heavy (non-hydrogen) atoms. The summed E-state index contributed by atoms with van der Waals surface area (Å²) in [6.07, 6.45) is -3.69. The molecular weight excluding hydrogens is 241 g/mol. The second-order valence-electron chi connectivity index (χ2n) is 3.98. The van der Waals surface area contributed by atoms with Gasteiger partial charge >= 0.3 is 12.0 Å². The van der Waals surface area contributed by atoms with Crippen LogP contribution in [0.25, 0.3) is 0 Å². The van der Waals surface area contributed by atoms with Crippen LogP contribution in [0.4, 0.5) is 13.2 Å². The molecule has 0 radical (unpaired) electrons. The lowest BCUT2D eigenvalue weighted by atomic mass is 10.0. The minimum absolute atomic E-state index is 0.159. The molecular formula is C10H13F3O4. The first-order chi connectivity index (χ1) is 7.78. The summed E-state index contributed by atoms with van der Waals surface area (Å²) in [6, 6.07) is 0. The Morgan fingerprint density at radius 1 is 1.41 bits per heavy atom. The largest absolute Gasteiger partial charge is 0.468 e. The Kier molecular flexibility index (Phi) is 4.16. The van der Waals surface area contributed by atoms with Gasteiger partial charge in [0.05, 0.1) is 13.7 Å². The van der Waals surface area contributed by atoms with Crippen LogP contribution in [0.5, 0.6) is 0 Å². The summed E-state index contributed by atoms with van der Waals surface area (Å²) in [6.45, 7) is 2.91. The van der Waals surface area contributed by atoms with Crippen LogP contribution in [0.3, 0.4) is 0 Å². The summed E-state index contributed by atoms with van der Waals surface area (Å²) >= 11 is 0. The highest BCUT2D eigenvalue weighted by Crippen LogP contribution is 2.33. The van der Waals surface area contributed by atoms with Gasteiger partial charge in [-0.3, -0.25) is 4.79 Å². The predicted molar refractivity (Wildman–Crippen MR) is 50.8 cm³/mol. The van der Waals surface area contributed by atoms with E-state index in [9.17, 15) is 18.0 Å². The predicted octanol–water partition coefficient (Wildman–Crippen LogP) is 2.00. The third-order valence-corrected chi connectivity index (χ3v) is 2.31. The number of rotatable bonds is 3. The van der Waals surface area contributed by atoms with Crippen molar-refractivity contribution in [3.05, 3.63) is 11.9 Å². The molecule has 0 saturated carbocycles. The molecule has 0 aromatic heterocycles. The monoisotopic (exact) mass is 254 g/mol. The molecule has 1 aliphatic rings. The minimum atomic E-state index is -2.56. The highest BCUT2D eigenvalue weighted by Gasteiger charge is 2.44. The standard InChI is InChI=1S/C10H13F3O4/c1-10(2)16-4-5(17-10)6(9(14)15-3)7(11)8(12)13/h5-6H,4H2,1-3H3. The number of esters is 1. The Labute approximate surface area is 96.3 Å².